The lowest BCUT2D eigenvalue weighted by Gasteiger charge is -2.27. The summed E-state index contributed by atoms with van der Waals surface area (Å²) in [6.07, 6.45) is 2.53. The standard InChI is InChI=1S/C18H26N6O3S/c1-4-13-5-6-15(28-13)23-19-11-14-20-16(24-7-9-26-10-8-24)22-17(21-14)27-12-18(2,3)25/h5-6,11,23,25H,4,7-10,12H2,1-3H3/b19-11+. The molecule has 3 rings (SSSR count). The lowest BCUT2D eigenvalue weighted by Crippen LogP contribution is -2.37. The molecule has 2 aromatic rings. The average Bonchev–Trinajstić information content (AvgIpc) is 3.14. The third kappa shape index (κ3) is 6.11. The Morgan fingerprint density at radius 1 is 1.32 bits per heavy atom. The van der Waals surface area contributed by atoms with E-state index in [1.807, 2.05) is 11.0 Å². The number of nitrogens with one attached hydrogen (secondary N) is 1. The van der Waals surface area contributed by atoms with E-state index < -0.39 is 5.60 Å². The number of ether oxygens (including phenoxy) is 2. The number of thiophene rings is 1. The summed E-state index contributed by atoms with van der Waals surface area (Å²) in [6, 6.07) is 4.22. The Hall–Kier alpha value is -2.30. The first-order chi connectivity index (χ1) is 13.4. The summed E-state index contributed by atoms with van der Waals surface area (Å²) in [4.78, 5) is 16.4. The van der Waals surface area contributed by atoms with Crippen LogP contribution in [0, 0.1) is 0 Å². The fourth-order valence-corrected chi connectivity index (χ4v) is 3.21. The smallest absolute Gasteiger partial charge is 0.321 e. The van der Waals surface area contributed by atoms with Crippen molar-refractivity contribution >= 4 is 28.5 Å². The molecule has 0 aliphatic carbocycles. The number of hydrazone groups is 1. The van der Waals surface area contributed by atoms with E-state index in [9.17, 15) is 5.11 Å². The minimum atomic E-state index is -0.988. The van der Waals surface area contributed by atoms with Gasteiger partial charge < -0.3 is 19.5 Å². The molecule has 0 amide bonds. The second kappa shape index (κ2) is 9.26. The summed E-state index contributed by atoms with van der Waals surface area (Å²) in [5, 5.41) is 15.1. The van der Waals surface area contributed by atoms with Crippen molar-refractivity contribution in [2.45, 2.75) is 32.8 Å². The predicted octanol–water partition coefficient (Wildman–Crippen LogP) is 1.93. The summed E-state index contributed by atoms with van der Waals surface area (Å²) >= 11 is 1.66. The van der Waals surface area contributed by atoms with Crippen LogP contribution in [-0.2, 0) is 11.2 Å². The quantitative estimate of drug-likeness (QED) is 0.506. The molecule has 0 spiro atoms. The molecule has 9 nitrogen and oxygen atoms in total. The molecule has 3 heterocycles. The highest BCUT2D eigenvalue weighted by molar-refractivity contribution is 7.16. The van der Waals surface area contributed by atoms with Crippen LogP contribution in [0.2, 0.25) is 0 Å². The van der Waals surface area contributed by atoms with Crippen LogP contribution in [0.25, 0.3) is 0 Å². The van der Waals surface area contributed by atoms with Crippen molar-refractivity contribution < 1.29 is 14.6 Å². The molecule has 1 aliphatic rings. The van der Waals surface area contributed by atoms with Crippen LogP contribution in [0.4, 0.5) is 10.9 Å². The number of aromatic nitrogens is 3. The topological polar surface area (TPSA) is 105 Å². The normalized spacial score (nSPS) is 15.2. The van der Waals surface area contributed by atoms with Crippen molar-refractivity contribution in [3.63, 3.8) is 0 Å². The first-order valence-corrected chi connectivity index (χ1v) is 10.1. The molecule has 2 N–H and O–H groups in total. The number of morpholine rings is 1. The Morgan fingerprint density at radius 3 is 2.79 bits per heavy atom. The molecule has 0 bridgehead atoms. The number of nitrogens with zero attached hydrogens (tertiary/aromatic N) is 5. The molecular formula is C18H26N6O3S. The lowest BCUT2D eigenvalue weighted by molar-refractivity contribution is 0.0249. The molecule has 1 aliphatic heterocycles. The van der Waals surface area contributed by atoms with Crippen LogP contribution < -0.4 is 15.1 Å². The zero-order valence-corrected chi connectivity index (χ0v) is 17.2. The molecule has 0 atom stereocenters. The Balaban J connectivity index is 1.76. The van der Waals surface area contributed by atoms with E-state index in [0.717, 1.165) is 11.4 Å². The molecule has 0 saturated carbocycles. The van der Waals surface area contributed by atoms with E-state index in [4.69, 9.17) is 9.47 Å². The van der Waals surface area contributed by atoms with Crippen LogP contribution in [0.5, 0.6) is 6.01 Å². The second-order valence-electron chi connectivity index (χ2n) is 6.97. The van der Waals surface area contributed by atoms with Gasteiger partial charge in [-0.1, -0.05) is 6.92 Å². The number of rotatable bonds is 8. The van der Waals surface area contributed by atoms with Crippen LogP contribution in [-0.4, -0.2) is 64.8 Å². The van der Waals surface area contributed by atoms with Crippen molar-refractivity contribution in [1.29, 1.82) is 0 Å². The molecule has 1 fully saturated rings. The van der Waals surface area contributed by atoms with Gasteiger partial charge in [-0.05, 0) is 32.4 Å². The van der Waals surface area contributed by atoms with Crippen molar-refractivity contribution in [1.82, 2.24) is 15.0 Å². The van der Waals surface area contributed by atoms with Gasteiger partial charge >= 0.3 is 6.01 Å². The van der Waals surface area contributed by atoms with E-state index in [1.165, 1.54) is 11.1 Å². The van der Waals surface area contributed by atoms with Gasteiger partial charge in [0, 0.05) is 18.0 Å². The second-order valence-corrected chi connectivity index (χ2v) is 8.13. The van der Waals surface area contributed by atoms with Crippen LogP contribution >= 0.6 is 11.3 Å². The average molecular weight is 407 g/mol. The Morgan fingerprint density at radius 2 is 2.11 bits per heavy atom. The maximum atomic E-state index is 9.90. The maximum absolute atomic E-state index is 9.90. The minimum absolute atomic E-state index is 0.0728. The molecule has 0 radical (unpaired) electrons. The van der Waals surface area contributed by atoms with Crippen molar-refractivity contribution in [3.8, 4) is 6.01 Å². The fraction of sp³-hybridized carbons (Fsp3) is 0.556. The van der Waals surface area contributed by atoms with E-state index >= 15 is 0 Å². The highest BCUT2D eigenvalue weighted by Crippen LogP contribution is 2.22. The van der Waals surface area contributed by atoms with E-state index in [-0.39, 0.29) is 12.6 Å². The van der Waals surface area contributed by atoms with Gasteiger partial charge in [0.25, 0.3) is 0 Å². The van der Waals surface area contributed by atoms with E-state index in [0.29, 0.717) is 38.1 Å². The van der Waals surface area contributed by atoms with E-state index in [1.54, 1.807) is 25.2 Å². The largest absolute Gasteiger partial charge is 0.460 e. The summed E-state index contributed by atoms with van der Waals surface area (Å²) in [5.41, 5.74) is 2.01. The zero-order valence-electron chi connectivity index (χ0n) is 16.4. The third-order valence-corrected chi connectivity index (χ3v) is 4.97. The van der Waals surface area contributed by atoms with Gasteiger partial charge in [0.05, 0.1) is 25.0 Å². The van der Waals surface area contributed by atoms with Gasteiger partial charge in [0.15, 0.2) is 5.82 Å². The van der Waals surface area contributed by atoms with Crippen molar-refractivity contribution in [2.24, 2.45) is 5.10 Å². The first-order valence-electron chi connectivity index (χ1n) is 9.25. The van der Waals surface area contributed by atoms with Gasteiger partial charge in [-0.2, -0.15) is 20.1 Å². The molecule has 2 aromatic heterocycles. The first kappa shape index (κ1) is 20.4. The fourth-order valence-electron chi connectivity index (χ4n) is 2.41. The Bertz CT molecular complexity index is 799. The van der Waals surface area contributed by atoms with Crippen LogP contribution in [0.15, 0.2) is 17.2 Å². The Kier molecular flexibility index (Phi) is 6.76. The molecular weight excluding hydrogens is 380 g/mol. The monoisotopic (exact) mass is 406 g/mol. The molecule has 0 aromatic carbocycles. The Labute approximate surface area is 168 Å². The van der Waals surface area contributed by atoms with Gasteiger partial charge in [0.2, 0.25) is 5.95 Å². The van der Waals surface area contributed by atoms with E-state index in [2.05, 4.69) is 38.5 Å². The minimum Gasteiger partial charge on any atom is -0.460 e. The molecule has 152 valence electrons. The summed E-state index contributed by atoms with van der Waals surface area (Å²) in [5.74, 6) is 0.886. The van der Waals surface area contributed by atoms with Gasteiger partial charge in [-0.25, -0.2) is 0 Å². The molecule has 1 saturated heterocycles. The SMILES string of the molecule is CCc1ccc(N/N=C/c2nc(OCC(C)(C)O)nc(N3CCOCC3)n2)s1. The van der Waals surface area contributed by atoms with Gasteiger partial charge in [0.1, 0.15) is 11.6 Å². The summed E-state index contributed by atoms with van der Waals surface area (Å²) in [6.45, 7) is 8.14. The number of aryl methyl sites for hydroxylation is 1. The highest BCUT2D eigenvalue weighted by atomic mass is 32.1. The molecule has 0 unspecified atom stereocenters. The third-order valence-electron chi connectivity index (χ3n) is 3.83. The van der Waals surface area contributed by atoms with Crippen molar-refractivity contribution in [2.75, 3.05) is 43.2 Å². The summed E-state index contributed by atoms with van der Waals surface area (Å²) in [7, 11) is 0. The lowest BCUT2D eigenvalue weighted by atomic mass is 10.2. The zero-order chi connectivity index (χ0) is 20.0. The van der Waals surface area contributed by atoms with Gasteiger partial charge in [-0.15, -0.1) is 11.3 Å². The van der Waals surface area contributed by atoms with Crippen LogP contribution in [0.1, 0.15) is 31.5 Å². The maximum Gasteiger partial charge on any atom is 0.321 e. The predicted molar refractivity (Wildman–Crippen MR) is 110 cm³/mol. The van der Waals surface area contributed by atoms with Gasteiger partial charge in [-0.3, -0.25) is 5.43 Å². The highest BCUT2D eigenvalue weighted by Gasteiger charge is 2.19. The van der Waals surface area contributed by atoms with Crippen molar-refractivity contribution in [3.05, 3.63) is 22.8 Å². The van der Waals surface area contributed by atoms with Crippen LogP contribution in [0.3, 0.4) is 0 Å². The number of hydrogen-bond acceptors (Lipinski definition) is 10. The molecule has 28 heavy (non-hydrogen) atoms. The molecule has 10 heteroatoms. The number of anilines is 2. The number of hydrogen-bond donors (Lipinski definition) is 2. The summed E-state index contributed by atoms with van der Waals surface area (Å²) < 4.78 is 11.0. The number of aliphatic hydroxyl groups is 1.